The Labute approximate surface area is 169 Å². The standard InChI is InChI=1S/C18H23ClN4O3.ClH/c1-18(10-20)8-9-22(11-18)15(24)7-6-14-16(25)23(17(26)21-14)13-4-2-12(19)3-5-13;/h2-5,14H,6-11,20H2,1H3,(H,21,26);1H. The predicted octanol–water partition coefficient (Wildman–Crippen LogP) is 2.16. The van der Waals surface area contributed by atoms with E-state index in [2.05, 4.69) is 12.2 Å². The van der Waals surface area contributed by atoms with E-state index < -0.39 is 12.1 Å². The number of likely N-dealkylation sites (tertiary alicyclic amines) is 1. The lowest BCUT2D eigenvalue weighted by Gasteiger charge is -2.22. The van der Waals surface area contributed by atoms with Crippen LogP contribution < -0.4 is 16.0 Å². The third-order valence-electron chi connectivity index (χ3n) is 5.15. The molecule has 0 aliphatic carbocycles. The van der Waals surface area contributed by atoms with Crippen molar-refractivity contribution in [2.24, 2.45) is 11.1 Å². The Kier molecular flexibility index (Phi) is 6.72. The molecular weight excluding hydrogens is 391 g/mol. The van der Waals surface area contributed by atoms with Gasteiger partial charge in [-0.15, -0.1) is 12.4 Å². The molecule has 2 aliphatic rings. The zero-order chi connectivity index (χ0) is 18.9. The van der Waals surface area contributed by atoms with Crippen LogP contribution in [-0.2, 0) is 9.59 Å². The maximum atomic E-state index is 12.6. The summed E-state index contributed by atoms with van der Waals surface area (Å²) in [5.41, 5.74) is 6.21. The minimum absolute atomic E-state index is 0. The van der Waals surface area contributed by atoms with Crippen LogP contribution in [0.2, 0.25) is 5.02 Å². The van der Waals surface area contributed by atoms with Gasteiger partial charge in [-0.2, -0.15) is 0 Å². The highest BCUT2D eigenvalue weighted by Gasteiger charge is 2.40. The smallest absolute Gasteiger partial charge is 0.329 e. The molecule has 2 atom stereocenters. The molecule has 2 saturated heterocycles. The van der Waals surface area contributed by atoms with Gasteiger partial charge in [-0.25, -0.2) is 9.69 Å². The van der Waals surface area contributed by atoms with Gasteiger partial charge in [-0.1, -0.05) is 18.5 Å². The summed E-state index contributed by atoms with van der Waals surface area (Å²) >= 11 is 5.84. The van der Waals surface area contributed by atoms with Crippen molar-refractivity contribution >= 4 is 47.5 Å². The van der Waals surface area contributed by atoms with Crippen LogP contribution in [0.5, 0.6) is 0 Å². The highest BCUT2D eigenvalue weighted by atomic mass is 35.5. The normalized spacial score (nSPS) is 24.8. The van der Waals surface area contributed by atoms with E-state index in [0.717, 1.165) is 11.3 Å². The molecule has 1 aromatic rings. The first-order valence-corrected chi connectivity index (χ1v) is 9.09. The van der Waals surface area contributed by atoms with Gasteiger partial charge in [0.05, 0.1) is 5.69 Å². The Hall–Kier alpha value is -1.83. The number of hydrogen-bond donors (Lipinski definition) is 2. The molecule has 0 radical (unpaired) electrons. The lowest BCUT2D eigenvalue weighted by Crippen LogP contribution is -2.36. The molecule has 0 aromatic heterocycles. The lowest BCUT2D eigenvalue weighted by molar-refractivity contribution is -0.130. The molecule has 3 N–H and O–H groups in total. The van der Waals surface area contributed by atoms with E-state index in [-0.39, 0.29) is 42.5 Å². The van der Waals surface area contributed by atoms with Crippen LogP contribution in [0.25, 0.3) is 0 Å². The first-order chi connectivity index (χ1) is 12.3. The Morgan fingerprint density at radius 1 is 1.33 bits per heavy atom. The zero-order valence-electron chi connectivity index (χ0n) is 15.1. The number of carbonyl (C=O) groups excluding carboxylic acids is 3. The van der Waals surface area contributed by atoms with E-state index in [1.807, 2.05) is 0 Å². The molecule has 2 fully saturated rings. The molecule has 1 aromatic carbocycles. The summed E-state index contributed by atoms with van der Waals surface area (Å²) in [6.07, 6.45) is 1.38. The van der Waals surface area contributed by atoms with Crippen LogP contribution in [0.4, 0.5) is 10.5 Å². The minimum Gasteiger partial charge on any atom is -0.342 e. The van der Waals surface area contributed by atoms with E-state index in [1.54, 1.807) is 29.2 Å². The minimum atomic E-state index is -0.689. The third kappa shape index (κ3) is 4.54. The first kappa shape index (κ1) is 21.5. The van der Waals surface area contributed by atoms with Gasteiger partial charge in [0.15, 0.2) is 0 Å². The number of nitrogens with one attached hydrogen (secondary N) is 1. The lowest BCUT2D eigenvalue weighted by atomic mass is 9.90. The molecule has 9 heteroatoms. The SMILES string of the molecule is CC1(CN)CCN(C(=O)CCC2NC(=O)N(c3ccc(Cl)cc3)C2=O)C1.Cl. The maximum absolute atomic E-state index is 12.6. The number of amides is 4. The van der Waals surface area contributed by atoms with Crippen molar-refractivity contribution in [3.63, 3.8) is 0 Å². The van der Waals surface area contributed by atoms with Crippen LogP contribution in [-0.4, -0.2) is 48.4 Å². The molecule has 27 heavy (non-hydrogen) atoms. The molecule has 0 saturated carbocycles. The highest BCUT2D eigenvalue weighted by molar-refractivity contribution is 6.30. The van der Waals surface area contributed by atoms with E-state index in [9.17, 15) is 14.4 Å². The monoisotopic (exact) mass is 414 g/mol. The number of halogens is 2. The first-order valence-electron chi connectivity index (χ1n) is 8.71. The average Bonchev–Trinajstić information content (AvgIpc) is 3.15. The molecule has 7 nitrogen and oxygen atoms in total. The van der Waals surface area contributed by atoms with Crippen LogP contribution in [0.3, 0.4) is 0 Å². The molecule has 2 unspecified atom stereocenters. The number of imide groups is 1. The van der Waals surface area contributed by atoms with Crippen LogP contribution in [0.15, 0.2) is 24.3 Å². The fourth-order valence-electron chi connectivity index (χ4n) is 3.39. The summed E-state index contributed by atoms with van der Waals surface area (Å²) < 4.78 is 0. The van der Waals surface area contributed by atoms with E-state index >= 15 is 0 Å². The number of carbonyl (C=O) groups is 3. The Morgan fingerprint density at radius 3 is 2.59 bits per heavy atom. The fraction of sp³-hybridized carbons (Fsp3) is 0.500. The van der Waals surface area contributed by atoms with E-state index in [0.29, 0.717) is 30.3 Å². The van der Waals surface area contributed by atoms with Crippen LogP contribution in [0.1, 0.15) is 26.2 Å². The highest BCUT2D eigenvalue weighted by Crippen LogP contribution is 2.29. The second kappa shape index (κ2) is 8.46. The summed E-state index contributed by atoms with van der Waals surface area (Å²) in [4.78, 5) is 40.0. The van der Waals surface area contributed by atoms with Crippen molar-refractivity contribution in [2.75, 3.05) is 24.5 Å². The van der Waals surface area contributed by atoms with Gasteiger partial charge in [0, 0.05) is 24.5 Å². The molecule has 2 heterocycles. The van der Waals surface area contributed by atoms with Crippen molar-refractivity contribution in [3.05, 3.63) is 29.3 Å². The van der Waals surface area contributed by atoms with Crippen molar-refractivity contribution in [1.82, 2.24) is 10.2 Å². The quantitative estimate of drug-likeness (QED) is 0.721. The second-order valence-electron chi connectivity index (χ2n) is 7.27. The maximum Gasteiger partial charge on any atom is 0.329 e. The van der Waals surface area contributed by atoms with Crippen LogP contribution >= 0.6 is 24.0 Å². The van der Waals surface area contributed by atoms with Gasteiger partial charge in [0.25, 0.3) is 5.91 Å². The predicted molar refractivity (Wildman–Crippen MR) is 106 cm³/mol. The second-order valence-corrected chi connectivity index (χ2v) is 7.71. The van der Waals surface area contributed by atoms with Gasteiger partial charge in [0.2, 0.25) is 5.91 Å². The Morgan fingerprint density at radius 2 is 2.00 bits per heavy atom. The number of nitrogens with zero attached hydrogens (tertiary/aromatic N) is 2. The number of anilines is 1. The Bertz CT molecular complexity index is 728. The zero-order valence-corrected chi connectivity index (χ0v) is 16.7. The van der Waals surface area contributed by atoms with Crippen LogP contribution in [0, 0.1) is 5.41 Å². The van der Waals surface area contributed by atoms with Gasteiger partial charge in [-0.05, 0) is 49.1 Å². The van der Waals surface area contributed by atoms with E-state index in [1.165, 1.54) is 0 Å². The van der Waals surface area contributed by atoms with Crippen molar-refractivity contribution in [3.8, 4) is 0 Å². The summed E-state index contributed by atoms with van der Waals surface area (Å²) in [5, 5.41) is 3.18. The third-order valence-corrected chi connectivity index (χ3v) is 5.41. The van der Waals surface area contributed by atoms with Crippen molar-refractivity contribution in [1.29, 1.82) is 0 Å². The average molecular weight is 415 g/mol. The molecular formula is C18H24Cl2N4O3. The summed E-state index contributed by atoms with van der Waals surface area (Å²) in [6.45, 7) is 3.95. The van der Waals surface area contributed by atoms with Gasteiger partial charge in [0.1, 0.15) is 6.04 Å². The summed E-state index contributed by atoms with van der Waals surface area (Å²) in [5.74, 6) is -0.354. The molecule has 0 bridgehead atoms. The Balaban J connectivity index is 0.00000261. The number of benzene rings is 1. The number of nitrogens with two attached hydrogens (primary N) is 1. The summed E-state index contributed by atoms with van der Waals surface area (Å²) in [6, 6.07) is 5.31. The molecule has 0 spiro atoms. The fourth-order valence-corrected chi connectivity index (χ4v) is 3.52. The number of urea groups is 1. The van der Waals surface area contributed by atoms with Gasteiger partial charge in [-0.3, -0.25) is 9.59 Å². The topological polar surface area (TPSA) is 95.7 Å². The number of rotatable bonds is 5. The molecule has 148 valence electrons. The van der Waals surface area contributed by atoms with Crippen molar-refractivity contribution in [2.45, 2.75) is 32.2 Å². The van der Waals surface area contributed by atoms with Crippen molar-refractivity contribution < 1.29 is 14.4 Å². The van der Waals surface area contributed by atoms with Gasteiger partial charge < -0.3 is 16.0 Å². The summed E-state index contributed by atoms with van der Waals surface area (Å²) in [7, 11) is 0. The van der Waals surface area contributed by atoms with E-state index in [4.69, 9.17) is 17.3 Å². The number of hydrogen-bond acceptors (Lipinski definition) is 4. The molecule has 2 aliphatic heterocycles. The largest absolute Gasteiger partial charge is 0.342 e. The molecule has 3 rings (SSSR count). The molecule has 4 amide bonds. The van der Waals surface area contributed by atoms with Gasteiger partial charge >= 0.3 is 6.03 Å².